The smallest absolute Gasteiger partial charge is 0.264 e. The van der Waals surface area contributed by atoms with Gasteiger partial charge in [0.1, 0.15) is 12.2 Å². The lowest BCUT2D eigenvalue weighted by Gasteiger charge is -2.15. The number of hydrogen-bond donors (Lipinski definition) is 0. The Morgan fingerprint density at radius 2 is 1.22 bits per heavy atom. The van der Waals surface area contributed by atoms with Gasteiger partial charge in [0.2, 0.25) is 0 Å². The van der Waals surface area contributed by atoms with Crippen molar-refractivity contribution in [3.05, 3.63) is 0 Å². The van der Waals surface area contributed by atoms with Gasteiger partial charge in [-0.1, -0.05) is 0 Å². The van der Waals surface area contributed by atoms with Crippen molar-refractivity contribution in [2.24, 2.45) is 0 Å². The average Bonchev–Trinajstić information content (AvgIpc) is 2.51. The Labute approximate surface area is 106 Å². The molecule has 0 aromatic heterocycles. The molecule has 0 unspecified atom stereocenters. The highest BCUT2D eigenvalue weighted by Gasteiger charge is 2.35. The van der Waals surface area contributed by atoms with Crippen LogP contribution in [-0.2, 0) is 38.1 Å². The van der Waals surface area contributed by atoms with Crippen LogP contribution in [0.5, 0.6) is 0 Å². The van der Waals surface area contributed by atoms with Gasteiger partial charge in [0.05, 0.1) is 25.7 Å². The van der Waals surface area contributed by atoms with Gasteiger partial charge >= 0.3 is 0 Å². The van der Waals surface area contributed by atoms with E-state index in [0.717, 1.165) is 12.5 Å². The van der Waals surface area contributed by atoms with Crippen molar-refractivity contribution < 1.29 is 34.7 Å². The Morgan fingerprint density at radius 1 is 0.889 bits per heavy atom. The highest BCUT2D eigenvalue weighted by molar-refractivity contribution is 7.86. The van der Waals surface area contributed by atoms with Crippen molar-refractivity contribution >= 4 is 20.2 Å². The van der Waals surface area contributed by atoms with Gasteiger partial charge in [-0.3, -0.25) is 8.37 Å². The van der Waals surface area contributed by atoms with Gasteiger partial charge in [0, 0.05) is 0 Å². The van der Waals surface area contributed by atoms with Crippen LogP contribution >= 0.6 is 0 Å². The van der Waals surface area contributed by atoms with Crippen molar-refractivity contribution in [3.8, 4) is 0 Å². The quantitative estimate of drug-likeness (QED) is 0.579. The molecule has 1 heterocycles. The van der Waals surface area contributed by atoms with E-state index < -0.39 is 38.7 Å². The van der Waals surface area contributed by atoms with Crippen LogP contribution in [0.3, 0.4) is 0 Å². The third-order valence-electron chi connectivity index (χ3n) is 2.04. The minimum absolute atomic E-state index is 0.249. The first kappa shape index (κ1) is 15.8. The summed E-state index contributed by atoms with van der Waals surface area (Å²) in [5.41, 5.74) is 0. The summed E-state index contributed by atoms with van der Waals surface area (Å²) in [5.74, 6) is 0. The third kappa shape index (κ3) is 6.07. The van der Waals surface area contributed by atoms with Crippen LogP contribution in [0.15, 0.2) is 0 Å². The normalized spacial score (nSPS) is 26.6. The maximum atomic E-state index is 10.8. The van der Waals surface area contributed by atoms with Crippen molar-refractivity contribution in [1.82, 2.24) is 0 Å². The summed E-state index contributed by atoms with van der Waals surface area (Å²) in [6.45, 7) is 1.11. The molecule has 0 amide bonds. The van der Waals surface area contributed by atoms with Gasteiger partial charge in [-0.05, 0) is 6.92 Å². The second-order valence-corrected chi connectivity index (χ2v) is 7.18. The first-order valence-electron chi connectivity index (χ1n) is 5.06. The molecule has 108 valence electrons. The first-order chi connectivity index (χ1) is 8.07. The predicted molar refractivity (Wildman–Crippen MR) is 60.8 cm³/mol. The number of ether oxygens (including phenoxy) is 2. The summed E-state index contributed by atoms with van der Waals surface area (Å²) in [5, 5.41) is 0. The fourth-order valence-electron chi connectivity index (χ4n) is 1.37. The summed E-state index contributed by atoms with van der Waals surface area (Å²) in [7, 11) is -7.18. The lowest BCUT2D eigenvalue weighted by molar-refractivity contribution is -0.0575. The molecule has 10 heteroatoms. The largest absolute Gasteiger partial charge is 0.344 e. The second kappa shape index (κ2) is 5.80. The maximum Gasteiger partial charge on any atom is 0.264 e. The molecule has 0 saturated carbocycles. The molecule has 2 atom stereocenters. The van der Waals surface area contributed by atoms with Gasteiger partial charge in [0.25, 0.3) is 20.2 Å². The summed E-state index contributed by atoms with van der Waals surface area (Å²) in [6.07, 6.45) is -0.151. The van der Waals surface area contributed by atoms with Crippen LogP contribution in [-0.4, -0.2) is 61.1 Å². The molecule has 0 spiro atoms. The van der Waals surface area contributed by atoms with E-state index in [9.17, 15) is 16.8 Å². The van der Waals surface area contributed by atoms with Gasteiger partial charge in [-0.25, -0.2) is 0 Å². The molecule has 0 aromatic rings. The zero-order valence-corrected chi connectivity index (χ0v) is 11.9. The van der Waals surface area contributed by atoms with Crippen LogP contribution in [0, 0.1) is 0 Å². The SMILES string of the molecule is CC1O[C@H](COS(C)(=O)=O)[C@@H](COS(C)(=O)=O)O1. The molecule has 1 aliphatic heterocycles. The Balaban J connectivity index is 2.54. The van der Waals surface area contributed by atoms with Crippen LogP contribution < -0.4 is 0 Å². The molecular weight excluding hydrogens is 288 g/mol. The molecule has 0 bridgehead atoms. The van der Waals surface area contributed by atoms with E-state index >= 15 is 0 Å². The van der Waals surface area contributed by atoms with Crippen molar-refractivity contribution in [3.63, 3.8) is 0 Å². The van der Waals surface area contributed by atoms with Gasteiger partial charge < -0.3 is 9.47 Å². The molecule has 1 fully saturated rings. The molecule has 1 aliphatic rings. The van der Waals surface area contributed by atoms with E-state index in [2.05, 4.69) is 8.37 Å². The van der Waals surface area contributed by atoms with Crippen LogP contribution in [0.4, 0.5) is 0 Å². The zero-order valence-electron chi connectivity index (χ0n) is 10.2. The Hall–Kier alpha value is -0.260. The fourth-order valence-corrected chi connectivity index (χ4v) is 2.14. The Bertz CT molecular complexity index is 423. The van der Waals surface area contributed by atoms with Gasteiger partial charge in [-0.2, -0.15) is 16.8 Å². The summed E-state index contributed by atoms with van der Waals surface area (Å²) in [6, 6.07) is 0. The van der Waals surface area contributed by atoms with E-state index in [4.69, 9.17) is 9.47 Å². The van der Waals surface area contributed by atoms with Gasteiger partial charge in [-0.15, -0.1) is 0 Å². The van der Waals surface area contributed by atoms with Crippen LogP contribution in [0.1, 0.15) is 6.92 Å². The Morgan fingerprint density at radius 3 is 1.50 bits per heavy atom. The molecular formula is C8H16O8S2. The topological polar surface area (TPSA) is 105 Å². The zero-order chi connectivity index (χ0) is 14.0. The molecule has 1 rings (SSSR count). The summed E-state index contributed by atoms with van der Waals surface area (Å²) >= 11 is 0. The lowest BCUT2D eigenvalue weighted by atomic mass is 10.2. The van der Waals surface area contributed by atoms with E-state index in [0.29, 0.717) is 0 Å². The van der Waals surface area contributed by atoms with Crippen LogP contribution in [0.25, 0.3) is 0 Å². The molecule has 0 aromatic carbocycles. The molecule has 1 saturated heterocycles. The molecule has 0 N–H and O–H groups in total. The van der Waals surface area contributed by atoms with Crippen molar-refractivity contribution in [1.29, 1.82) is 0 Å². The number of rotatable bonds is 6. The fraction of sp³-hybridized carbons (Fsp3) is 1.00. The minimum Gasteiger partial charge on any atom is -0.344 e. The highest BCUT2D eigenvalue weighted by atomic mass is 32.2. The van der Waals surface area contributed by atoms with Crippen molar-refractivity contribution in [2.45, 2.75) is 25.4 Å². The van der Waals surface area contributed by atoms with E-state index in [-0.39, 0.29) is 13.2 Å². The average molecular weight is 304 g/mol. The lowest BCUT2D eigenvalue weighted by Crippen LogP contribution is -2.33. The maximum absolute atomic E-state index is 10.8. The molecule has 18 heavy (non-hydrogen) atoms. The van der Waals surface area contributed by atoms with Gasteiger partial charge in [0.15, 0.2) is 6.29 Å². The molecule has 8 nitrogen and oxygen atoms in total. The second-order valence-electron chi connectivity index (χ2n) is 3.89. The standard InChI is InChI=1S/C8H16O8S2/c1-6-15-7(4-13-17(2,9)10)8(16-6)5-14-18(3,11)12/h6-8H,4-5H2,1-3H3/t7-,8-/m1/s1. The van der Waals surface area contributed by atoms with Crippen LogP contribution in [0.2, 0.25) is 0 Å². The van der Waals surface area contributed by atoms with E-state index in [1.54, 1.807) is 6.92 Å². The highest BCUT2D eigenvalue weighted by Crippen LogP contribution is 2.20. The first-order valence-corrected chi connectivity index (χ1v) is 8.70. The van der Waals surface area contributed by atoms with E-state index in [1.807, 2.05) is 0 Å². The van der Waals surface area contributed by atoms with Crippen molar-refractivity contribution in [2.75, 3.05) is 25.7 Å². The molecule has 0 radical (unpaired) electrons. The van der Waals surface area contributed by atoms with E-state index in [1.165, 1.54) is 0 Å². The third-order valence-corrected chi connectivity index (χ3v) is 3.17. The minimum atomic E-state index is -3.59. The predicted octanol–water partition coefficient (Wildman–Crippen LogP) is -0.931. The monoisotopic (exact) mass is 304 g/mol. The number of hydrogen-bond acceptors (Lipinski definition) is 8. The molecule has 0 aliphatic carbocycles. The Kier molecular flexibility index (Phi) is 5.09. The summed E-state index contributed by atoms with van der Waals surface area (Å²) in [4.78, 5) is 0. The summed E-state index contributed by atoms with van der Waals surface area (Å²) < 4.78 is 63.1.